The zero-order valence-corrected chi connectivity index (χ0v) is 23.8. The largest absolute Gasteiger partial charge is 0.289 e. The van der Waals surface area contributed by atoms with Gasteiger partial charge in [-0.05, 0) is 36.6 Å². The van der Waals surface area contributed by atoms with Crippen molar-refractivity contribution in [2.45, 2.75) is 142 Å². The molecule has 0 spiro atoms. The normalized spacial score (nSPS) is 11.4. The number of carbonyl (C=O) groups excluding carboxylic acids is 1. The minimum atomic E-state index is 0.270. The zero-order chi connectivity index (χ0) is 24.5. The molecule has 0 aliphatic heterocycles. The number of Topliss-reactive ketones (excluding diaryl/α,β-unsaturated/α-hetero) is 1. The zero-order valence-electron chi connectivity index (χ0n) is 23.0. The molecule has 0 radical (unpaired) electrons. The molecule has 0 fully saturated rings. The quantitative estimate of drug-likeness (QED) is 0.0758. The van der Waals surface area contributed by atoms with E-state index in [0.717, 1.165) is 11.3 Å². The number of rotatable bonds is 25. The fourth-order valence-electron chi connectivity index (χ4n) is 4.73. The van der Waals surface area contributed by atoms with Crippen LogP contribution in [0.2, 0.25) is 0 Å². The van der Waals surface area contributed by atoms with Gasteiger partial charge in [-0.15, -0.1) is 0 Å². The van der Waals surface area contributed by atoms with Gasteiger partial charge in [-0.2, -0.15) is 0 Å². The molecule has 34 heavy (non-hydrogen) atoms. The van der Waals surface area contributed by atoms with Gasteiger partial charge in [0.25, 0.3) is 0 Å². The summed E-state index contributed by atoms with van der Waals surface area (Å²) in [6.45, 7) is 4.58. The van der Waals surface area contributed by atoms with Gasteiger partial charge in [0.2, 0.25) is 5.78 Å². The van der Waals surface area contributed by atoms with E-state index < -0.39 is 0 Å². The molecule has 0 saturated heterocycles. The van der Waals surface area contributed by atoms with Crippen LogP contribution in [0, 0.1) is 0 Å². The highest BCUT2D eigenvalue weighted by atomic mass is 32.2. The Balaban J connectivity index is 2.21. The molecule has 0 amide bonds. The summed E-state index contributed by atoms with van der Waals surface area (Å²) in [4.78, 5) is 12.8. The SMILES string of the molecule is CCCCCCCCCCCC[S+](CCCCCCCCCCCC)CC(=O)c1ccccc1. The first kappa shape index (κ1) is 31.3. The second-order valence-electron chi connectivity index (χ2n) is 10.3. The third-order valence-corrected chi connectivity index (χ3v) is 9.41. The molecule has 2 heteroatoms. The van der Waals surface area contributed by atoms with Crippen molar-refractivity contribution < 1.29 is 4.79 Å². The third kappa shape index (κ3) is 18.6. The molecule has 0 atom stereocenters. The molecule has 1 aromatic carbocycles. The molecule has 196 valence electrons. The van der Waals surface area contributed by atoms with E-state index in [1.165, 1.54) is 140 Å². The van der Waals surface area contributed by atoms with Crippen molar-refractivity contribution >= 4 is 16.7 Å². The first-order valence-corrected chi connectivity index (χ1v) is 16.7. The summed E-state index contributed by atoms with van der Waals surface area (Å²) in [7, 11) is 0.270. The summed E-state index contributed by atoms with van der Waals surface area (Å²) >= 11 is 0. The van der Waals surface area contributed by atoms with Crippen molar-refractivity contribution in [2.75, 3.05) is 17.3 Å². The number of unbranched alkanes of at least 4 members (excludes halogenated alkanes) is 18. The summed E-state index contributed by atoms with van der Waals surface area (Å²) in [6, 6.07) is 9.98. The lowest BCUT2D eigenvalue weighted by Crippen LogP contribution is -2.23. The molecule has 1 rings (SSSR count). The highest BCUT2D eigenvalue weighted by molar-refractivity contribution is 7.97. The Hall–Kier alpha value is -0.760. The van der Waals surface area contributed by atoms with Crippen LogP contribution < -0.4 is 0 Å². The number of carbonyl (C=O) groups is 1. The van der Waals surface area contributed by atoms with Gasteiger partial charge in [0, 0.05) is 5.56 Å². The van der Waals surface area contributed by atoms with Gasteiger partial charge in [0.1, 0.15) is 11.5 Å². The van der Waals surface area contributed by atoms with Gasteiger partial charge in [0.05, 0.1) is 0 Å². The van der Waals surface area contributed by atoms with E-state index in [9.17, 15) is 4.79 Å². The molecular formula is C32H57OS+. The molecular weight excluding hydrogens is 432 g/mol. The Bertz CT molecular complexity index is 531. The predicted molar refractivity (Wildman–Crippen MR) is 156 cm³/mol. The lowest BCUT2D eigenvalue weighted by molar-refractivity contribution is 0.102. The summed E-state index contributed by atoms with van der Waals surface area (Å²) in [6.07, 6.45) is 27.8. The van der Waals surface area contributed by atoms with E-state index >= 15 is 0 Å². The first-order valence-electron chi connectivity index (χ1n) is 15.0. The molecule has 0 bridgehead atoms. The van der Waals surface area contributed by atoms with Crippen molar-refractivity contribution in [1.82, 2.24) is 0 Å². The van der Waals surface area contributed by atoms with E-state index in [2.05, 4.69) is 13.8 Å². The van der Waals surface area contributed by atoms with E-state index in [1.54, 1.807) is 0 Å². The van der Waals surface area contributed by atoms with Gasteiger partial charge in [-0.3, -0.25) is 4.79 Å². The van der Waals surface area contributed by atoms with Crippen LogP contribution in [0.15, 0.2) is 30.3 Å². The van der Waals surface area contributed by atoms with Gasteiger partial charge < -0.3 is 0 Å². The minimum absolute atomic E-state index is 0.270. The first-order chi connectivity index (χ1) is 16.8. The second kappa shape index (κ2) is 24.0. The van der Waals surface area contributed by atoms with Crippen LogP contribution in [0.3, 0.4) is 0 Å². The average molecular weight is 490 g/mol. The molecule has 0 saturated carbocycles. The third-order valence-electron chi connectivity index (χ3n) is 7.00. The number of ketones is 1. The fourth-order valence-corrected chi connectivity index (χ4v) is 6.98. The van der Waals surface area contributed by atoms with Crippen molar-refractivity contribution in [3.63, 3.8) is 0 Å². The van der Waals surface area contributed by atoms with Crippen LogP contribution >= 0.6 is 0 Å². The van der Waals surface area contributed by atoms with Gasteiger partial charge in [0.15, 0.2) is 5.75 Å². The Morgan fingerprint density at radius 1 is 0.529 bits per heavy atom. The van der Waals surface area contributed by atoms with Crippen LogP contribution in [-0.4, -0.2) is 23.0 Å². The highest BCUT2D eigenvalue weighted by Gasteiger charge is 2.22. The lowest BCUT2D eigenvalue weighted by atomic mass is 10.1. The molecule has 1 aromatic rings. The molecule has 0 aliphatic carbocycles. The number of hydrogen-bond acceptors (Lipinski definition) is 1. The lowest BCUT2D eigenvalue weighted by Gasteiger charge is -2.09. The van der Waals surface area contributed by atoms with Crippen LogP contribution in [0.25, 0.3) is 0 Å². The van der Waals surface area contributed by atoms with Gasteiger partial charge >= 0.3 is 0 Å². The van der Waals surface area contributed by atoms with E-state index in [-0.39, 0.29) is 10.9 Å². The van der Waals surface area contributed by atoms with Crippen molar-refractivity contribution in [3.05, 3.63) is 35.9 Å². The Morgan fingerprint density at radius 2 is 0.882 bits per heavy atom. The van der Waals surface area contributed by atoms with Crippen LogP contribution in [0.1, 0.15) is 153 Å². The predicted octanol–water partition coefficient (Wildman–Crippen LogP) is 10.3. The summed E-state index contributed by atoms with van der Waals surface area (Å²) in [5.41, 5.74) is 0.908. The van der Waals surface area contributed by atoms with E-state index in [1.807, 2.05) is 30.3 Å². The van der Waals surface area contributed by atoms with Gasteiger partial charge in [-0.1, -0.05) is 147 Å². The number of hydrogen-bond donors (Lipinski definition) is 0. The van der Waals surface area contributed by atoms with Crippen molar-refractivity contribution in [3.8, 4) is 0 Å². The number of benzene rings is 1. The van der Waals surface area contributed by atoms with Crippen LogP contribution in [0.5, 0.6) is 0 Å². The van der Waals surface area contributed by atoms with Crippen LogP contribution in [0.4, 0.5) is 0 Å². The molecule has 0 aromatic heterocycles. The van der Waals surface area contributed by atoms with Crippen molar-refractivity contribution in [1.29, 1.82) is 0 Å². The van der Waals surface area contributed by atoms with E-state index in [4.69, 9.17) is 0 Å². The summed E-state index contributed by atoms with van der Waals surface area (Å²) in [5.74, 6) is 3.68. The second-order valence-corrected chi connectivity index (χ2v) is 12.6. The maximum atomic E-state index is 12.8. The maximum absolute atomic E-state index is 12.8. The maximum Gasteiger partial charge on any atom is 0.211 e. The molecule has 1 nitrogen and oxygen atoms in total. The molecule has 0 heterocycles. The van der Waals surface area contributed by atoms with Gasteiger partial charge in [-0.25, -0.2) is 0 Å². The standard InChI is InChI=1S/C32H57OS/c1-3-5-7-9-11-13-15-17-19-24-28-34(30-32(33)31-26-22-21-23-27-31)29-25-20-18-16-14-12-10-8-6-4-2/h21-23,26-27H,3-20,24-25,28-30H2,1-2H3/q+1. The molecule has 0 aliphatic rings. The summed E-state index contributed by atoms with van der Waals surface area (Å²) < 4.78 is 0. The fraction of sp³-hybridized carbons (Fsp3) is 0.781. The monoisotopic (exact) mass is 489 g/mol. The Morgan fingerprint density at radius 3 is 1.26 bits per heavy atom. The average Bonchev–Trinajstić information content (AvgIpc) is 2.86. The topological polar surface area (TPSA) is 17.1 Å². The van der Waals surface area contributed by atoms with Crippen molar-refractivity contribution in [2.24, 2.45) is 0 Å². The minimum Gasteiger partial charge on any atom is -0.289 e. The molecule has 0 unspecified atom stereocenters. The smallest absolute Gasteiger partial charge is 0.211 e. The Labute approximate surface area is 216 Å². The van der Waals surface area contributed by atoms with E-state index in [0.29, 0.717) is 5.78 Å². The van der Waals surface area contributed by atoms with Crippen LogP contribution in [-0.2, 0) is 10.9 Å². The summed E-state index contributed by atoms with van der Waals surface area (Å²) in [5, 5.41) is 0. The Kier molecular flexibility index (Phi) is 22.0. The molecule has 0 N–H and O–H groups in total. The highest BCUT2D eigenvalue weighted by Crippen LogP contribution is 2.15.